The molecule has 0 spiro atoms. The monoisotopic (exact) mass is 269 g/mol. The lowest BCUT2D eigenvalue weighted by Crippen LogP contribution is -1.89. The molecule has 0 aliphatic heterocycles. The molecule has 0 atom stereocenters. The second-order valence-electron chi connectivity index (χ2n) is 4.60. The van der Waals surface area contributed by atoms with Gasteiger partial charge in [-0.1, -0.05) is 18.2 Å². The summed E-state index contributed by atoms with van der Waals surface area (Å²) in [6.45, 7) is 2.00. The van der Waals surface area contributed by atoms with Crippen LogP contribution in [0.2, 0.25) is 0 Å². The van der Waals surface area contributed by atoms with Gasteiger partial charge in [-0.3, -0.25) is 0 Å². The van der Waals surface area contributed by atoms with E-state index in [9.17, 15) is 0 Å². The van der Waals surface area contributed by atoms with Gasteiger partial charge in [-0.05, 0) is 47.9 Å². The first-order chi connectivity index (χ1) is 9.62. The number of rotatable bonds is 4. The van der Waals surface area contributed by atoms with Gasteiger partial charge in [0, 0.05) is 11.8 Å². The second-order valence-corrected chi connectivity index (χ2v) is 4.60. The fraction of sp³-hybridized carbons (Fsp3) is 0.176. The number of hydrogen-bond donors (Lipinski definition) is 1. The van der Waals surface area contributed by atoms with Crippen molar-refractivity contribution in [3.05, 3.63) is 53.1 Å². The summed E-state index contributed by atoms with van der Waals surface area (Å²) in [5, 5.41) is 0. The van der Waals surface area contributed by atoms with Crippen LogP contribution in [0.25, 0.3) is 12.2 Å². The van der Waals surface area contributed by atoms with E-state index in [1.54, 1.807) is 14.2 Å². The Morgan fingerprint density at radius 3 is 2.00 bits per heavy atom. The zero-order valence-electron chi connectivity index (χ0n) is 12.0. The third-order valence-corrected chi connectivity index (χ3v) is 3.14. The summed E-state index contributed by atoms with van der Waals surface area (Å²) in [5.41, 5.74) is 9.84. The Balaban J connectivity index is 2.28. The van der Waals surface area contributed by atoms with E-state index < -0.39 is 0 Å². The Morgan fingerprint density at radius 2 is 1.45 bits per heavy atom. The van der Waals surface area contributed by atoms with E-state index >= 15 is 0 Å². The van der Waals surface area contributed by atoms with Crippen LogP contribution in [-0.2, 0) is 0 Å². The Bertz CT molecular complexity index is 611. The van der Waals surface area contributed by atoms with Crippen molar-refractivity contribution in [1.82, 2.24) is 0 Å². The number of anilines is 1. The summed E-state index contributed by atoms with van der Waals surface area (Å²) in [5.74, 6) is 1.55. The zero-order chi connectivity index (χ0) is 14.5. The molecular weight excluding hydrogens is 250 g/mol. The van der Waals surface area contributed by atoms with E-state index in [2.05, 4.69) is 6.07 Å². The van der Waals surface area contributed by atoms with Gasteiger partial charge < -0.3 is 15.2 Å². The van der Waals surface area contributed by atoms with Gasteiger partial charge in [-0.15, -0.1) is 0 Å². The molecule has 0 aliphatic carbocycles. The van der Waals surface area contributed by atoms with E-state index in [0.29, 0.717) is 0 Å². The van der Waals surface area contributed by atoms with Crippen molar-refractivity contribution in [2.45, 2.75) is 6.92 Å². The van der Waals surface area contributed by atoms with Gasteiger partial charge in [0.2, 0.25) is 0 Å². The van der Waals surface area contributed by atoms with E-state index in [1.165, 1.54) is 0 Å². The molecule has 2 N–H and O–H groups in total. The van der Waals surface area contributed by atoms with E-state index in [-0.39, 0.29) is 0 Å². The first kappa shape index (κ1) is 14.0. The number of aryl methyl sites for hydroxylation is 1. The van der Waals surface area contributed by atoms with Crippen molar-refractivity contribution in [2.24, 2.45) is 0 Å². The van der Waals surface area contributed by atoms with Crippen LogP contribution in [0, 0.1) is 6.92 Å². The average molecular weight is 269 g/mol. The third-order valence-electron chi connectivity index (χ3n) is 3.14. The Morgan fingerprint density at radius 1 is 0.850 bits per heavy atom. The van der Waals surface area contributed by atoms with Crippen molar-refractivity contribution < 1.29 is 9.47 Å². The molecule has 0 saturated heterocycles. The predicted molar refractivity (Wildman–Crippen MR) is 84.1 cm³/mol. The van der Waals surface area contributed by atoms with Gasteiger partial charge in [-0.25, -0.2) is 0 Å². The van der Waals surface area contributed by atoms with Gasteiger partial charge in [-0.2, -0.15) is 0 Å². The van der Waals surface area contributed by atoms with Gasteiger partial charge in [0.1, 0.15) is 11.5 Å². The highest BCUT2D eigenvalue weighted by Gasteiger charge is 1.99. The standard InChI is InChI=1S/C17H19NO2/c1-12-8-13(6-7-17(12)18)4-5-14-9-15(19-2)11-16(10-14)20-3/h4-11H,18H2,1-3H3/b5-4-. The van der Waals surface area contributed by atoms with E-state index in [4.69, 9.17) is 15.2 Å². The van der Waals surface area contributed by atoms with Crippen LogP contribution in [0.1, 0.15) is 16.7 Å². The molecule has 0 aliphatic rings. The average Bonchev–Trinajstić information content (AvgIpc) is 2.48. The molecule has 3 heteroatoms. The third kappa shape index (κ3) is 3.32. The lowest BCUT2D eigenvalue weighted by molar-refractivity contribution is 0.394. The topological polar surface area (TPSA) is 44.5 Å². The van der Waals surface area contributed by atoms with Crippen LogP contribution in [0.3, 0.4) is 0 Å². The van der Waals surface area contributed by atoms with Crippen molar-refractivity contribution in [1.29, 1.82) is 0 Å². The van der Waals surface area contributed by atoms with Crippen molar-refractivity contribution in [3.63, 3.8) is 0 Å². The predicted octanol–water partition coefficient (Wildman–Crippen LogP) is 3.76. The molecule has 104 valence electrons. The summed E-state index contributed by atoms with van der Waals surface area (Å²) in [6.07, 6.45) is 4.07. The number of nitrogens with two attached hydrogens (primary N) is 1. The van der Waals surface area contributed by atoms with Crippen molar-refractivity contribution >= 4 is 17.8 Å². The fourth-order valence-corrected chi connectivity index (χ4v) is 1.92. The summed E-state index contributed by atoms with van der Waals surface area (Å²) in [7, 11) is 3.29. The maximum absolute atomic E-state index is 5.81. The van der Waals surface area contributed by atoms with Crippen LogP contribution in [0.4, 0.5) is 5.69 Å². The molecule has 0 heterocycles. The van der Waals surface area contributed by atoms with Crippen molar-refractivity contribution in [2.75, 3.05) is 20.0 Å². The maximum Gasteiger partial charge on any atom is 0.123 e. The van der Waals surface area contributed by atoms with Crippen LogP contribution < -0.4 is 15.2 Å². The molecule has 20 heavy (non-hydrogen) atoms. The number of benzene rings is 2. The molecular formula is C17H19NO2. The highest BCUT2D eigenvalue weighted by atomic mass is 16.5. The second kappa shape index (κ2) is 6.15. The van der Waals surface area contributed by atoms with Crippen molar-refractivity contribution in [3.8, 4) is 11.5 Å². The highest BCUT2D eigenvalue weighted by Crippen LogP contribution is 2.24. The molecule has 0 amide bonds. The molecule has 2 aromatic carbocycles. The van der Waals surface area contributed by atoms with Crippen LogP contribution in [0.5, 0.6) is 11.5 Å². The molecule has 0 saturated carbocycles. The first-order valence-electron chi connectivity index (χ1n) is 6.39. The minimum absolute atomic E-state index is 0.775. The first-order valence-corrected chi connectivity index (χ1v) is 6.39. The van der Waals surface area contributed by atoms with Gasteiger partial charge >= 0.3 is 0 Å². The molecule has 0 unspecified atom stereocenters. The summed E-state index contributed by atoms with van der Waals surface area (Å²) >= 11 is 0. The Hall–Kier alpha value is -2.42. The Kier molecular flexibility index (Phi) is 4.31. The minimum atomic E-state index is 0.775. The lowest BCUT2D eigenvalue weighted by atomic mass is 10.1. The van der Waals surface area contributed by atoms with Gasteiger partial charge in [0.05, 0.1) is 14.2 Å². The van der Waals surface area contributed by atoms with E-state index in [1.807, 2.05) is 49.4 Å². The fourth-order valence-electron chi connectivity index (χ4n) is 1.92. The Labute approximate surface area is 119 Å². The molecule has 3 nitrogen and oxygen atoms in total. The molecule has 0 radical (unpaired) electrons. The quantitative estimate of drug-likeness (QED) is 0.679. The summed E-state index contributed by atoms with van der Waals surface area (Å²) in [6, 6.07) is 11.7. The summed E-state index contributed by atoms with van der Waals surface area (Å²) < 4.78 is 10.5. The molecule has 0 fully saturated rings. The summed E-state index contributed by atoms with van der Waals surface area (Å²) in [4.78, 5) is 0. The smallest absolute Gasteiger partial charge is 0.123 e. The van der Waals surface area contributed by atoms with Crippen LogP contribution >= 0.6 is 0 Å². The van der Waals surface area contributed by atoms with E-state index in [0.717, 1.165) is 33.9 Å². The molecule has 2 aromatic rings. The highest BCUT2D eigenvalue weighted by molar-refractivity contribution is 5.72. The number of hydrogen-bond acceptors (Lipinski definition) is 3. The number of methoxy groups -OCH3 is 2. The number of nitrogen functional groups attached to an aromatic ring is 1. The molecule has 0 aromatic heterocycles. The largest absolute Gasteiger partial charge is 0.497 e. The van der Waals surface area contributed by atoms with Gasteiger partial charge in [0.25, 0.3) is 0 Å². The normalized spacial score (nSPS) is 10.8. The SMILES string of the molecule is COc1cc(/C=C\c2ccc(N)c(C)c2)cc(OC)c1. The van der Waals surface area contributed by atoms with Gasteiger partial charge in [0.15, 0.2) is 0 Å². The van der Waals surface area contributed by atoms with Crippen LogP contribution in [0.15, 0.2) is 36.4 Å². The number of ether oxygens (including phenoxy) is 2. The molecule has 2 rings (SSSR count). The lowest BCUT2D eigenvalue weighted by Gasteiger charge is -2.06. The van der Waals surface area contributed by atoms with Crippen LogP contribution in [-0.4, -0.2) is 14.2 Å². The maximum atomic E-state index is 5.81. The zero-order valence-corrected chi connectivity index (χ0v) is 12.0. The minimum Gasteiger partial charge on any atom is -0.497 e. The molecule has 0 bridgehead atoms.